The summed E-state index contributed by atoms with van der Waals surface area (Å²) in [6.07, 6.45) is 0.898. The van der Waals surface area contributed by atoms with Crippen molar-refractivity contribution >= 4 is 0 Å². The van der Waals surface area contributed by atoms with Crippen molar-refractivity contribution in [3.63, 3.8) is 0 Å². The van der Waals surface area contributed by atoms with Crippen LogP contribution in [0.2, 0.25) is 0 Å². The number of rotatable bonds is 12. The van der Waals surface area contributed by atoms with Crippen LogP contribution in [-0.2, 0) is 15.9 Å². The van der Waals surface area contributed by atoms with E-state index < -0.39 is 0 Å². The second kappa shape index (κ2) is 10.8. The van der Waals surface area contributed by atoms with Crippen molar-refractivity contribution in [2.24, 2.45) is 5.73 Å². The SMILES string of the molecule is CCOCCN(CCOCC)C(CN)c1ccc(CC)o1. The predicted molar refractivity (Wildman–Crippen MR) is 84.4 cm³/mol. The van der Waals surface area contributed by atoms with E-state index in [-0.39, 0.29) is 6.04 Å². The zero-order chi connectivity index (χ0) is 15.5. The summed E-state index contributed by atoms with van der Waals surface area (Å²) in [5.74, 6) is 1.93. The van der Waals surface area contributed by atoms with Crippen LogP contribution in [0.25, 0.3) is 0 Å². The predicted octanol–water partition coefficient (Wildman–Crippen LogP) is 2.22. The fourth-order valence-corrected chi connectivity index (χ4v) is 2.28. The molecule has 1 aromatic heterocycles. The summed E-state index contributed by atoms with van der Waals surface area (Å²) in [4.78, 5) is 2.28. The first-order valence-corrected chi connectivity index (χ1v) is 7.94. The minimum atomic E-state index is 0.0752. The smallest absolute Gasteiger partial charge is 0.122 e. The summed E-state index contributed by atoms with van der Waals surface area (Å²) in [7, 11) is 0. The summed E-state index contributed by atoms with van der Waals surface area (Å²) in [5.41, 5.74) is 5.98. The van der Waals surface area contributed by atoms with Crippen molar-refractivity contribution in [2.45, 2.75) is 33.2 Å². The normalized spacial score (nSPS) is 13.0. The largest absolute Gasteiger partial charge is 0.464 e. The van der Waals surface area contributed by atoms with Gasteiger partial charge in [0.1, 0.15) is 11.5 Å². The first kappa shape index (κ1) is 18.2. The number of hydrogen-bond donors (Lipinski definition) is 1. The van der Waals surface area contributed by atoms with E-state index in [0.29, 0.717) is 19.8 Å². The first-order valence-electron chi connectivity index (χ1n) is 7.94. The van der Waals surface area contributed by atoms with E-state index in [1.54, 1.807) is 0 Å². The molecule has 1 unspecified atom stereocenters. The molecule has 0 fully saturated rings. The fraction of sp³-hybridized carbons (Fsp3) is 0.750. The molecule has 1 heterocycles. The molecule has 1 aromatic rings. The average Bonchev–Trinajstić information content (AvgIpc) is 2.97. The third-order valence-electron chi connectivity index (χ3n) is 3.48. The van der Waals surface area contributed by atoms with Crippen LogP contribution in [0.5, 0.6) is 0 Å². The Morgan fingerprint density at radius 3 is 2.14 bits per heavy atom. The minimum Gasteiger partial charge on any atom is -0.464 e. The molecule has 0 radical (unpaired) electrons. The molecule has 21 heavy (non-hydrogen) atoms. The Morgan fingerprint density at radius 2 is 1.71 bits per heavy atom. The van der Waals surface area contributed by atoms with Gasteiger partial charge in [-0.1, -0.05) is 6.92 Å². The van der Waals surface area contributed by atoms with Crippen LogP contribution in [0.4, 0.5) is 0 Å². The number of nitrogens with two attached hydrogens (primary N) is 1. The van der Waals surface area contributed by atoms with Crippen LogP contribution in [0.15, 0.2) is 16.5 Å². The second-order valence-electron chi connectivity index (χ2n) is 4.84. The van der Waals surface area contributed by atoms with Crippen molar-refractivity contribution in [1.82, 2.24) is 4.90 Å². The van der Waals surface area contributed by atoms with E-state index in [2.05, 4.69) is 11.8 Å². The molecule has 5 heteroatoms. The molecule has 5 nitrogen and oxygen atoms in total. The van der Waals surface area contributed by atoms with Crippen LogP contribution in [0.3, 0.4) is 0 Å². The van der Waals surface area contributed by atoms with Crippen molar-refractivity contribution in [2.75, 3.05) is 46.1 Å². The molecule has 0 saturated heterocycles. The van der Waals surface area contributed by atoms with Gasteiger partial charge in [0.15, 0.2) is 0 Å². The summed E-state index contributed by atoms with van der Waals surface area (Å²) in [5, 5.41) is 0. The molecule has 0 bridgehead atoms. The molecule has 0 aliphatic carbocycles. The van der Waals surface area contributed by atoms with Crippen molar-refractivity contribution < 1.29 is 13.9 Å². The summed E-state index contributed by atoms with van der Waals surface area (Å²) >= 11 is 0. The maximum absolute atomic E-state index is 5.98. The van der Waals surface area contributed by atoms with Gasteiger partial charge in [0, 0.05) is 39.3 Å². The zero-order valence-electron chi connectivity index (χ0n) is 13.6. The van der Waals surface area contributed by atoms with E-state index in [0.717, 1.165) is 44.2 Å². The Labute approximate surface area is 128 Å². The molecular weight excluding hydrogens is 268 g/mol. The topological polar surface area (TPSA) is 60.9 Å². The lowest BCUT2D eigenvalue weighted by atomic mass is 10.2. The maximum Gasteiger partial charge on any atom is 0.122 e. The highest BCUT2D eigenvalue weighted by molar-refractivity contribution is 5.11. The third kappa shape index (κ3) is 6.18. The molecule has 1 rings (SSSR count). The highest BCUT2D eigenvalue weighted by atomic mass is 16.5. The van der Waals surface area contributed by atoms with Crippen molar-refractivity contribution in [1.29, 1.82) is 0 Å². The number of furan rings is 1. The van der Waals surface area contributed by atoms with Crippen LogP contribution in [0, 0.1) is 0 Å². The van der Waals surface area contributed by atoms with Crippen LogP contribution < -0.4 is 5.73 Å². The van der Waals surface area contributed by atoms with Gasteiger partial charge in [-0.05, 0) is 26.0 Å². The second-order valence-corrected chi connectivity index (χ2v) is 4.84. The number of ether oxygens (including phenoxy) is 2. The molecule has 122 valence electrons. The highest BCUT2D eigenvalue weighted by Crippen LogP contribution is 2.22. The quantitative estimate of drug-likeness (QED) is 0.600. The Balaban J connectivity index is 2.69. The number of hydrogen-bond acceptors (Lipinski definition) is 5. The Kier molecular flexibility index (Phi) is 9.34. The van der Waals surface area contributed by atoms with E-state index in [1.165, 1.54) is 0 Å². The van der Waals surface area contributed by atoms with Gasteiger partial charge in [-0.15, -0.1) is 0 Å². The van der Waals surface area contributed by atoms with Gasteiger partial charge in [0.05, 0.1) is 19.3 Å². The molecule has 0 aliphatic heterocycles. The van der Waals surface area contributed by atoms with Gasteiger partial charge in [0.2, 0.25) is 0 Å². The standard InChI is InChI=1S/C16H30N2O3/c1-4-14-7-8-16(21-14)15(13-17)18(9-11-19-5-2)10-12-20-6-3/h7-8,15H,4-6,9-13,17H2,1-3H3. The Bertz CT molecular complexity index is 358. The van der Waals surface area contributed by atoms with Gasteiger partial charge in [-0.25, -0.2) is 0 Å². The molecule has 1 atom stereocenters. The summed E-state index contributed by atoms with van der Waals surface area (Å²) < 4.78 is 16.8. The van der Waals surface area contributed by atoms with Gasteiger partial charge in [0.25, 0.3) is 0 Å². The van der Waals surface area contributed by atoms with E-state index in [1.807, 2.05) is 26.0 Å². The number of aryl methyl sites for hydroxylation is 1. The molecular formula is C16H30N2O3. The summed E-state index contributed by atoms with van der Waals surface area (Å²) in [6, 6.07) is 4.14. The minimum absolute atomic E-state index is 0.0752. The third-order valence-corrected chi connectivity index (χ3v) is 3.48. The first-order chi connectivity index (χ1) is 10.3. The van der Waals surface area contributed by atoms with E-state index in [4.69, 9.17) is 19.6 Å². The maximum atomic E-state index is 5.98. The lowest BCUT2D eigenvalue weighted by molar-refractivity contribution is 0.0589. The molecule has 0 amide bonds. The monoisotopic (exact) mass is 298 g/mol. The highest BCUT2D eigenvalue weighted by Gasteiger charge is 2.21. The van der Waals surface area contributed by atoms with Crippen LogP contribution >= 0.6 is 0 Å². The fourth-order valence-electron chi connectivity index (χ4n) is 2.28. The molecule has 0 saturated carbocycles. The Morgan fingerprint density at radius 1 is 1.10 bits per heavy atom. The van der Waals surface area contributed by atoms with Gasteiger partial charge < -0.3 is 19.6 Å². The van der Waals surface area contributed by atoms with Crippen molar-refractivity contribution in [3.8, 4) is 0 Å². The molecule has 0 aromatic carbocycles. The molecule has 0 spiro atoms. The number of nitrogens with zero attached hydrogens (tertiary/aromatic N) is 1. The van der Waals surface area contributed by atoms with Crippen LogP contribution in [0.1, 0.15) is 38.3 Å². The van der Waals surface area contributed by atoms with Gasteiger partial charge >= 0.3 is 0 Å². The van der Waals surface area contributed by atoms with Gasteiger partial charge in [-0.3, -0.25) is 4.90 Å². The van der Waals surface area contributed by atoms with Crippen LogP contribution in [-0.4, -0.2) is 51.0 Å². The lowest BCUT2D eigenvalue weighted by Crippen LogP contribution is -2.38. The van der Waals surface area contributed by atoms with E-state index in [9.17, 15) is 0 Å². The Hall–Kier alpha value is -0.880. The molecule has 0 aliphatic rings. The van der Waals surface area contributed by atoms with Crippen molar-refractivity contribution in [3.05, 3.63) is 23.7 Å². The molecule has 2 N–H and O–H groups in total. The average molecular weight is 298 g/mol. The lowest BCUT2D eigenvalue weighted by Gasteiger charge is -2.29. The zero-order valence-corrected chi connectivity index (χ0v) is 13.6. The van der Waals surface area contributed by atoms with Gasteiger partial charge in [-0.2, -0.15) is 0 Å². The van der Waals surface area contributed by atoms with E-state index >= 15 is 0 Å². The summed E-state index contributed by atoms with van der Waals surface area (Å²) in [6.45, 7) is 11.1.